The number of anilines is 1. The smallest absolute Gasteiger partial charge is 0.349 e. The molecule has 0 spiro atoms. The summed E-state index contributed by atoms with van der Waals surface area (Å²) in [7, 11) is 0. The predicted octanol–water partition coefficient (Wildman–Crippen LogP) is 2.81. The molecule has 0 saturated carbocycles. The predicted molar refractivity (Wildman–Crippen MR) is 63.3 cm³/mol. The Labute approximate surface area is 107 Å². The van der Waals surface area contributed by atoms with Gasteiger partial charge in [0, 0.05) is 12.4 Å². The van der Waals surface area contributed by atoms with Gasteiger partial charge in [-0.2, -0.15) is 13.2 Å². The van der Waals surface area contributed by atoms with E-state index in [0.717, 1.165) is 23.5 Å². The number of hydrogen-bond acceptors (Lipinski definition) is 4. The molecule has 100 valence electrons. The lowest BCUT2D eigenvalue weighted by atomic mass is 10.2. The second-order valence-electron chi connectivity index (χ2n) is 3.88. The van der Waals surface area contributed by atoms with Crippen molar-refractivity contribution in [2.75, 3.05) is 5.32 Å². The molecule has 19 heavy (non-hydrogen) atoms. The summed E-state index contributed by atoms with van der Waals surface area (Å²) in [5.41, 5.74) is 0.716. The Morgan fingerprint density at radius 1 is 1.16 bits per heavy atom. The van der Waals surface area contributed by atoms with Crippen LogP contribution in [0.3, 0.4) is 0 Å². The molecule has 0 bridgehead atoms. The van der Waals surface area contributed by atoms with Crippen molar-refractivity contribution >= 4 is 5.95 Å². The molecule has 0 aliphatic heterocycles. The van der Waals surface area contributed by atoms with Crippen molar-refractivity contribution in [1.82, 2.24) is 15.0 Å². The van der Waals surface area contributed by atoms with Crippen LogP contribution in [-0.4, -0.2) is 15.0 Å². The summed E-state index contributed by atoms with van der Waals surface area (Å²) in [6.45, 7) is 2.14. The Bertz CT molecular complexity index is 569. The molecule has 2 aromatic rings. The highest BCUT2D eigenvalue weighted by Gasteiger charge is 2.32. The van der Waals surface area contributed by atoms with Gasteiger partial charge in [-0.15, -0.1) is 0 Å². The molecule has 0 fully saturated rings. The normalized spacial score (nSPS) is 11.4. The Balaban J connectivity index is 2.10. The number of nitrogens with one attached hydrogen (secondary N) is 1. The fraction of sp³-hybridized carbons (Fsp3) is 0.250. The third kappa shape index (κ3) is 3.40. The molecule has 1 N–H and O–H groups in total. The number of alkyl halides is 3. The highest BCUT2D eigenvalue weighted by molar-refractivity contribution is 5.29. The highest BCUT2D eigenvalue weighted by Crippen LogP contribution is 2.27. The molecule has 0 unspecified atom stereocenters. The van der Waals surface area contributed by atoms with Gasteiger partial charge in [-0.25, -0.2) is 9.97 Å². The quantitative estimate of drug-likeness (QED) is 0.930. The average Bonchev–Trinajstić information content (AvgIpc) is 2.37. The first-order valence-corrected chi connectivity index (χ1v) is 5.51. The summed E-state index contributed by atoms with van der Waals surface area (Å²) in [6, 6.07) is 4.49. The lowest BCUT2D eigenvalue weighted by molar-refractivity contribution is -0.141. The third-order valence-corrected chi connectivity index (χ3v) is 2.48. The van der Waals surface area contributed by atoms with Crippen LogP contribution in [0.1, 0.15) is 17.0 Å². The van der Waals surface area contributed by atoms with E-state index in [-0.39, 0.29) is 12.5 Å². The van der Waals surface area contributed by atoms with Crippen LogP contribution >= 0.6 is 0 Å². The lowest BCUT2D eigenvalue weighted by Gasteiger charge is -2.09. The zero-order chi connectivity index (χ0) is 13.9. The third-order valence-electron chi connectivity index (χ3n) is 2.48. The van der Waals surface area contributed by atoms with Gasteiger partial charge < -0.3 is 5.32 Å². The van der Waals surface area contributed by atoms with Gasteiger partial charge in [0.05, 0.1) is 12.2 Å². The molecule has 0 aliphatic carbocycles. The van der Waals surface area contributed by atoms with Gasteiger partial charge >= 0.3 is 6.18 Å². The Morgan fingerprint density at radius 2 is 1.95 bits per heavy atom. The van der Waals surface area contributed by atoms with Crippen molar-refractivity contribution in [2.45, 2.75) is 19.6 Å². The molecule has 2 rings (SSSR count). The van der Waals surface area contributed by atoms with Gasteiger partial charge in [0.2, 0.25) is 5.95 Å². The van der Waals surface area contributed by atoms with Crippen molar-refractivity contribution in [2.24, 2.45) is 0 Å². The topological polar surface area (TPSA) is 50.7 Å². The van der Waals surface area contributed by atoms with Crippen LogP contribution in [0, 0.1) is 6.92 Å². The van der Waals surface area contributed by atoms with E-state index < -0.39 is 11.9 Å². The monoisotopic (exact) mass is 268 g/mol. The van der Waals surface area contributed by atoms with Crippen molar-refractivity contribution in [3.8, 4) is 0 Å². The van der Waals surface area contributed by atoms with E-state index in [9.17, 15) is 13.2 Å². The van der Waals surface area contributed by atoms with Crippen LogP contribution in [0.15, 0.2) is 30.6 Å². The van der Waals surface area contributed by atoms with E-state index in [1.165, 1.54) is 0 Å². The van der Waals surface area contributed by atoms with E-state index in [0.29, 0.717) is 0 Å². The first-order chi connectivity index (χ1) is 8.97. The van der Waals surface area contributed by atoms with Gasteiger partial charge in [-0.1, -0.05) is 6.07 Å². The van der Waals surface area contributed by atoms with Crippen LogP contribution in [0.25, 0.3) is 0 Å². The van der Waals surface area contributed by atoms with Gasteiger partial charge in [0.15, 0.2) is 0 Å². The zero-order valence-corrected chi connectivity index (χ0v) is 10.1. The molecule has 0 amide bonds. The summed E-state index contributed by atoms with van der Waals surface area (Å²) >= 11 is 0. The number of rotatable bonds is 3. The summed E-state index contributed by atoms with van der Waals surface area (Å²) in [6.07, 6.45) is -1.78. The van der Waals surface area contributed by atoms with Crippen LogP contribution < -0.4 is 5.32 Å². The minimum atomic E-state index is -4.47. The summed E-state index contributed by atoms with van der Waals surface area (Å²) in [5, 5.41) is 2.73. The first kappa shape index (κ1) is 13.3. The van der Waals surface area contributed by atoms with Crippen molar-refractivity contribution in [3.05, 3.63) is 47.5 Å². The molecule has 7 heteroatoms. The highest BCUT2D eigenvalue weighted by atomic mass is 19.4. The first-order valence-electron chi connectivity index (χ1n) is 5.51. The molecule has 2 aromatic heterocycles. The minimum Gasteiger partial charge on any atom is -0.349 e. The molecule has 0 aromatic carbocycles. The maximum absolute atomic E-state index is 12.5. The van der Waals surface area contributed by atoms with E-state index in [2.05, 4.69) is 20.3 Å². The second-order valence-corrected chi connectivity index (χ2v) is 3.88. The van der Waals surface area contributed by atoms with E-state index in [1.54, 1.807) is 12.3 Å². The SMILES string of the molecule is Cc1cccnc1CNc1nccc(C(F)(F)F)n1. The van der Waals surface area contributed by atoms with Crippen LogP contribution in [-0.2, 0) is 12.7 Å². The fourth-order valence-corrected chi connectivity index (χ4v) is 1.47. The molecule has 0 atom stereocenters. The van der Waals surface area contributed by atoms with E-state index in [1.807, 2.05) is 13.0 Å². The van der Waals surface area contributed by atoms with Crippen molar-refractivity contribution < 1.29 is 13.2 Å². The summed E-state index contributed by atoms with van der Waals surface area (Å²) < 4.78 is 37.4. The van der Waals surface area contributed by atoms with Crippen LogP contribution in [0.5, 0.6) is 0 Å². The Morgan fingerprint density at radius 3 is 2.63 bits per heavy atom. The number of nitrogens with zero attached hydrogens (tertiary/aromatic N) is 3. The molecular formula is C12H11F3N4. The maximum Gasteiger partial charge on any atom is 0.433 e. The molecule has 2 heterocycles. The number of halogens is 3. The second kappa shape index (κ2) is 5.21. The van der Waals surface area contributed by atoms with E-state index >= 15 is 0 Å². The van der Waals surface area contributed by atoms with Gasteiger partial charge in [0.1, 0.15) is 5.69 Å². The maximum atomic E-state index is 12.5. The van der Waals surface area contributed by atoms with Gasteiger partial charge in [0.25, 0.3) is 0 Å². The van der Waals surface area contributed by atoms with Crippen LogP contribution in [0.2, 0.25) is 0 Å². The average molecular weight is 268 g/mol. The molecule has 0 radical (unpaired) electrons. The van der Waals surface area contributed by atoms with E-state index in [4.69, 9.17) is 0 Å². The standard InChI is InChI=1S/C12H11F3N4/c1-8-3-2-5-16-9(8)7-18-11-17-6-4-10(19-11)12(13,14)15/h2-6H,7H2,1H3,(H,17,18,19). The Hall–Kier alpha value is -2.18. The van der Waals surface area contributed by atoms with Crippen LogP contribution in [0.4, 0.5) is 19.1 Å². The molecule has 0 saturated heterocycles. The molecule has 0 aliphatic rings. The number of hydrogen-bond donors (Lipinski definition) is 1. The van der Waals surface area contributed by atoms with Gasteiger partial charge in [-0.05, 0) is 24.6 Å². The van der Waals surface area contributed by atoms with Crippen molar-refractivity contribution in [1.29, 1.82) is 0 Å². The van der Waals surface area contributed by atoms with Gasteiger partial charge in [-0.3, -0.25) is 4.98 Å². The number of aromatic nitrogens is 3. The zero-order valence-electron chi connectivity index (χ0n) is 10.1. The molecular weight excluding hydrogens is 257 g/mol. The summed E-state index contributed by atoms with van der Waals surface area (Å²) in [4.78, 5) is 11.3. The lowest BCUT2D eigenvalue weighted by Crippen LogP contribution is -2.12. The van der Waals surface area contributed by atoms with Crippen molar-refractivity contribution in [3.63, 3.8) is 0 Å². The number of aryl methyl sites for hydroxylation is 1. The Kier molecular flexibility index (Phi) is 3.64. The minimum absolute atomic E-state index is 0.0696. The fourth-order valence-electron chi connectivity index (χ4n) is 1.47. The molecule has 4 nitrogen and oxygen atoms in total. The summed E-state index contributed by atoms with van der Waals surface area (Å²) in [5.74, 6) is -0.0696. The number of pyridine rings is 1. The largest absolute Gasteiger partial charge is 0.433 e.